The third-order valence-electron chi connectivity index (χ3n) is 3.07. The van der Waals surface area contributed by atoms with Crippen molar-refractivity contribution < 1.29 is 9.90 Å². The highest BCUT2D eigenvalue weighted by atomic mass is 32.2. The molecule has 1 rings (SSSR count). The molecule has 100 valence electrons. The van der Waals surface area contributed by atoms with Crippen LogP contribution in [0.1, 0.15) is 19.8 Å². The van der Waals surface area contributed by atoms with E-state index >= 15 is 0 Å². The average molecular weight is 260 g/mol. The summed E-state index contributed by atoms with van der Waals surface area (Å²) >= 11 is 1.99. The number of rotatable bonds is 8. The van der Waals surface area contributed by atoms with Crippen LogP contribution in [-0.2, 0) is 4.79 Å². The van der Waals surface area contributed by atoms with Gasteiger partial charge in [-0.3, -0.25) is 4.79 Å². The van der Waals surface area contributed by atoms with Crippen molar-refractivity contribution in [1.29, 1.82) is 0 Å². The SMILES string of the molecule is CCSCCN1CCCC(CNCC(=O)O)C1. The molecule has 1 fully saturated rings. The van der Waals surface area contributed by atoms with E-state index in [1.807, 2.05) is 11.8 Å². The second-order valence-electron chi connectivity index (χ2n) is 4.53. The highest BCUT2D eigenvalue weighted by Crippen LogP contribution is 2.16. The molecular formula is C12H24N2O2S. The van der Waals surface area contributed by atoms with Crippen LogP contribution < -0.4 is 5.32 Å². The van der Waals surface area contributed by atoms with Crippen molar-refractivity contribution in [3.8, 4) is 0 Å². The van der Waals surface area contributed by atoms with E-state index in [4.69, 9.17) is 5.11 Å². The molecule has 0 bridgehead atoms. The molecule has 0 spiro atoms. The Kier molecular flexibility index (Phi) is 7.64. The summed E-state index contributed by atoms with van der Waals surface area (Å²) in [6.07, 6.45) is 2.47. The van der Waals surface area contributed by atoms with E-state index in [1.165, 1.54) is 37.4 Å². The van der Waals surface area contributed by atoms with Crippen LogP contribution >= 0.6 is 11.8 Å². The number of hydrogen-bond acceptors (Lipinski definition) is 4. The van der Waals surface area contributed by atoms with Crippen LogP contribution in [0.25, 0.3) is 0 Å². The third kappa shape index (κ3) is 6.91. The number of carboxylic acid groups (broad SMARTS) is 1. The summed E-state index contributed by atoms with van der Waals surface area (Å²) in [4.78, 5) is 12.9. The van der Waals surface area contributed by atoms with E-state index < -0.39 is 5.97 Å². The first-order valence-electron chi connectivity index (χ1n) is 6.45. The predicted octanol–water partition coefficient (Wildman–Crippen LogP) is 1.13. The summed E-state index contributed by atoms with van der Waals surface area (Å²) in [5.74, 6) is 2.26. The average Bonchev–Trinajstić information content (AvgIpc) is 2.29. The molecule has 4 nitrogen and oxygen atoms in total. The van der Waals surface area contributed by atoms with Crippen LogP contribution in [0.15, 0.2) is 0 Å². The number of aliphatic carboxylic acids is 1. The molecule has 1 saturated heterocycles. The van der Waals surface area contributed by atoms with Gasteiger partial charge in [-0.05, 0) is 37.6 Å². The lowest BCUT2D eigenvalue weighted by molar-refractivity contribution is -0.136. The number of likely N-dealkylation sites (tertiary alicyclic amines) is 1. The normalized spacial score (nSPS) is 21.6. The largest absolute Gasteiger partial charge is 0.480 e. The fourth-order valence-electron chi connectivity index (χ4n) is 2.24. The minimum atomic E-state index is -0.767. The first kappa shape index (κ1) is 14.8. The minimum absolute atomic E-state index is 0.0855. The van der Waals surface area contributed by atoms with Gasteiger partial charge in [0.1, 0.15) is 0 Å². The Labute approximate surface area is 108 Å². The molecule has 0 amide bonds. The molecule has 0 radical (unpaired) electrons. The maximum Gasteiger partial charge on any atom is 0.317 e. The number of carboxylic acids is 1. The summed E-state index contributed by atoms with van der Waals surface area (Å²) in [7, 11) is 0. The number of thioether (sulfide) groups is 1. The summed E-state index contributed by atoms with van der Waals surface area (Å²) in [6, 6.07) is 0. The minimum Gasteiger partial charge on any atom is -0.480 e. The van der Waals surface area contributed by atoms with Crippen LogP contribution in [0.4, 0.5) is 0 Å². The lowest BCUT2D eigenvalue weighted by Gasteiger charge is -2.32. The van der Waals surface area contributed by atoms with Gasteiger partial charge >= 0.3 is 5.97 Å². The first-order valence-corrected chi connectivity index (χ1v) is 7.60. The van der Waals surface area contributed by atoms with E-state index in [0.29, 0.717) is 5.92 Å². The fourth-order valence-corrected chi connectivity index (χ4v) is 2.92. The molecule has 0 aromatic carbocycles. The molecule has 1 atom stereocenters. The zero-order valence-corrected chi connectivity index (χ0v) is 11.5. The Balaban J connectivity index is 2.12. The van der Waals surface area contributed by atoms with Gasteiger partial charge in [-0.25, -0.2) is 0 Å². The second kappa shape index (κ2) is 8.78. The topological polar surface area (TPSA) is 52.6 Å². The molecule has 1 unspecified atom stereocenters. The molecule has 0 saturated carbocycles. The van der Waals surface area contributed by atoms with Crippen LogP contribution in [0.3, 0.4) is 0 Å². The molecule has 5 heteroatoms. The highest BCUT2D eigenvalue weighted by Gasteiger charge is 2.19. The van der Waals surface area contributed by atoms with Gasteiger partial charge in [0.25, 0.3) is 0 Å². The lowest BCUT2D eigenvalue weighted by Crippen LogP contribution is -2.41. The quantitative estimate of drug-likeness (QED) is 0.641. The van der Waals surface area contributed by atoms with E-state index in [-0.39, 0.29) is 6.54 Å². The van der Waals surface area contributed by atoms with E-state index in [1.54, 1.807) is 0 Å². The maximum absolute atomic E-state index is 10.4. The Hall–Kier alpha value is -0.260. The Morgan fingerprint density at radius 1 is 1.59 bits per heavy atom. The van der Waals surface area contributed by atoms with Crippen molar-refractivity contribution in [2.24, 2.45) is 5.92 Å². The molecule has 0 aromatic rings. The third-order valence-corrected chi connectivity index (χ3v) is 3.95. The second-order valence-corrected chi connectivity index (χ2v) is 5.92. The van der Waals surface area contributed by atoms with Crippen LogP contribution in [-0.4, -0.2) is 60.2 Å². The molecule has 17 heavy (non-hydrogen) atoms. The van der Waals surface area contributed by atoms with Gasteiger partial charge in [-0.15, -0.1) is 0 Å². The lowest BCUT2D eigenvalue weighted by atomic mass is 9.98. The van der Waals surface area contributed by atoms with Crippen LogP contribution in [0, 0.1) is 5.92 Å². The van der Waals surface area contributed by atoms with Crippen molar-refractivity contribution in [1.82, 2.24) is 10.2 Å². The first-order chi connectivity index (χ1) is 8.22. The standard InChI is InChI=1S/C12H24N2O2S/c1-2-17-7-6-14-5-3-4-11(10-14)8-13-9-12(15)16/h11,13H,2-10H2,1H3,(H,15,16). The molecule has 1 heterocycles. The summed E-state index contributed by atoms with van der Waals surface area (Å²) in [5, 5.41) is 11.6. The predicted molar refractivity (Wildman–Crippen MR) is 72.7 cm³/mol. The zero-order valence-electron chi connectivity index (χ0n) is 10.7. The van der Waals surface area contributed by atoms with Crippen molar-refractivity contribution >= 4 is 17.7 Å². The van der Waals surface area contributed by atoms with Gasteiger partial charge in [0.2, 0.25) is 0 Å². The van der Waals surface area contributed by atoms with E-state index in [0.717, 1.165) is 13.1 Å². The molecule has 0 aromatic heterocycles. The summed E-state index contributed by atoms with van der Waals surface area (Å²) in [6.45, 7) is 6.62. The monoisotopic (exact) mass is 260 g/mol. The van der Waals surface area contributed by atoms with Crippen molar-refractivity contribution in [3.63, 3.8) is 0 Å². The number of hydrogen-bond donors (Lipinski definition) is 2. The fraction of sp³-hybridized carbons (Fsp3) is 0.917. The Morgan fingerprint density at radius 3 is 3.12 bits per heavy atom. The Morgan fingerprint density at radius 2 is 2.41 bits per heavy atom. The summed E-state index contributed by atoms with van der Waals surface area (Å²) < 4.78 is 0. The number of piperidine rings is 1. The van der Waals surface area contributed by atoms with E-state index in [2.05, 4.69) is 17.1 Å². The van der Waals surface area contributed by atoms with Crippen molar-refractivity contribution in [2.45, 2.75) is 19.8 Å². The Bertz CT molecular complexity index is 227. The van der Waals surface area contributed by atoms with Gasteiger partial charge < -0.3 is 15.3 Å². The summed E-state index contributed by atoms with van der Waals surface area (Å²) in [5.41, 5.74) is 0. The molecule has 1 aliphatic heterocycles. The number of carbonyl (C=O) groups is 1. The highest BCUT2D eigenvalue weighted by molar-refractivity contribution is 7.99. The molecular weight excluding hydrogens is 236 g/mol. The van der Waals surface area contributed by atoms with E-state index in [9.17, 15) is 4.79 Å². The van der Waals surface area contributed by atoms with Crippen LogP contribution in [0.5, 0.6) is 0 Å². The van der Waals surface area contributed by atoms with Crippen LogP contribution in [0.2, 0.25) is 0 Å². The van der Waals surface area contributed by atoms with Crippen molar-refractivity contribution in [3.05, 3.63) is 0 Å². The van der Waals surface area contributed by atoms with Gasteiger partial charge in [0, 0.05) is 18.8 Å². The number of nitrogens with zero attached hydrogens (tertiary/aromatic N) is 1. The number of nitrogens with one attached hydrogen (secondary N) is 1. The van der Waals surface area contributed by atoms with Gasteiger partial charge in [-0.2, -0.15) is 11.8 Å². The van der Waals surface area contributed by atoms with Crippen molar-refractivity contribution in [2.75, 3.05) is 44.2 Å². The van der Waals surface area contributed by atoms with Gasteiger partial charge in [-0.1, -0.05) is 6.92 Å². The smallest absolute Gasteiger partial charge is 0.317 e. The maximum atomic E-state index is 10.4. The van der Waals surface area contributed by atoms with Gasteiger partial charge in [0.05, 0.1) is 6.54 Å². The van der Waals surface area contributed by atoms with Gasteiger partial charge in [0.15, 0.2) is 0 Å². The zero-order chi connectivity index (χ0) is 12.5. The molecule has 2 N–H and O–H groups in total. The molecule has 0 aliphatic carbocycles. The molecule has 1 aliphatic rings.